The van der Waals surface area contributed by atoms with Crippen molar-refractivity contribution in [1.82, 2.24) is 21.1 Å². The lowest BCUT2D eigenvalue weighted by molar-refractivity contribution is -0.143. The molecular formula is C17H24N4O2. The second kappa shape index (κ2) is 7.10. The van der Waals surface area contributed by atoms with Crippen LogP contribution in [0.2, 0.25) is 0 Å². The first kappa shape index (κ1) is 16.0. The van der Waals surface area contributed by atoms with Gasteiger partial charge in [0.1, 0.15) is 6.04 Å². The Morgan fingerprint density at radius 2 is 2.13 bits per heavy atom. The summed E-state index contributed by atoms with van der Waals surface area (Å²) < 4.78 is 0. The van der Waals surface area contributed by atoms with Gasteiger partial charge >= 0.3 is 0 Å². The van der Waals surface area contributed by atoms with E-state index in [0.717, 1.165) is 12.0 Å². The predicted molar refractivity (Wildman–Crippen MR) is 87.1 cm³/mol. The number of nitrogens with zero attached hydrogens (tertiary/aromatic N) is 1. The third-order valence-corrected chi connectivity index (χ3v) is 4.67. The van der Waals surface area contributed by atoms with Crippen LogP contribution in [0.4, 0.5) is 0 Å². The Labute approximate surface area is 136 Å². The first-order valence-corrected chi connectivity index (χ1v) is 8.29. The van der Waals surface area contributed by atoms with Crippen molar-refractivity contribution < 1.29 is 9.59 Å². The van der Waals surface area contributed by atoms with Gasteiger partial charge in [-0.3, -0.25) is 15.0 Å². The summed E-state index contributed by atoms with van der Waals surface area (Å²) in [7, 11) is 0. The summed E-state index contributed by atoms with van der Waals surface area (Å²) in [6.07, 6.45) is 0.898. The number of likely N-dealkylation sites (tertiary alicyclic amines) is 1. The fraction of sp³-hybridized carbons (Fsp3) is 0.529. The molecule has 6 heteroatoms. The molecule has 23 heavy (non-hydrogen) atoms. The molecule has 0 saturated carbocycles. The Morgan fingerprint density at radius 1 is 1.35 bits per heavy atom. The minimum absolute atomic E-state index is 0.0198. The van der Waals surface area contributed by atoms with Gasteiger partial charge in [-0.2, -0.15) is 0 Å². The first-order chi connectivity index (χ1) is 11.2. The number of benzene rings is 1. The van der Waals surface area contributed by atoms with Gasteiger partial charge in [0.15, 0.2) is 0 Å². The Bertz CT molecular complexity index is 563. The van der Waals surface area contributed by atoms with Gasteiger partial charge in [0.25, 0.3) is 0 Å². The fourth-order valence-corrected chi connectivity index (χ4v) is 3.46. The predicted octanol–water partition coefficient (Wildman–Crippen LogP) is 0.264. The first-order valence-electron chi connectivity index (χ1n) is 8.29. The van der Waals surface area contributed by atoms with Crippen LogP contribution in [-0.2, 0) is 16.1 Å². The lowest BCUT2D eigenvalue weighted by Crippen LogP contribution is -2.59. The molecule has 1 aromatic rings. The number of hydrazine groups is 1. The summed E-state index contributed by atoms with van der Waals surface area (Å²) in [4.78, 5) is 26.9. The zero-order valence-corrected chi connectivity index (χ0v) is 13.4. The average Bonchev–Trinajstić information content (AvgIpc) is 3.06. The highest BCUT2D eigenvalue weighted by molar-refractivity contribution is 5.88. The molecule has 3 N–H and O–H groups in total. The standard InChI is InChI=1S/C17H24N4O2/c1-2-8-21-11-14(13-10-19-20-15(13)17(21)23)16(22)18-9-12-6-4-3-5-7-12/h3-7,13-15,19-20H,2,8-11H2,1H3,(H,18,22). The van der Waals surface area contributed by atoms with E-state index in [1.165, 1.54) is 0 Å². The Hall–Kier alpha value is -1.92. The lowest BCUT2D eigenvalue weighted by Gasteiger charge is -2.38. The molecule has 0 spiro atoms. The van der Waals surface area contributed by atoms with Crippen LogP contribution >= 0.6 is 0 Å². The second-order valence-electron chi connectivity index (χ2n) is 6.26. The second-order valence-corrected chi connectivity index (χ2v) is 6.26. The van der Waals surface area contributed by atoms with Gasteiger partial charge in [0, 0.05) is 32.1 Å². The molecule has 0 bridgehead atoms. The van der Waals surface area contributed by atoms with Gasteiger partial charge in [-0.25, -0.2) is 5.43 Å². The molecule has 0 aliphatic carbocycles. The number of fused-ring (bicyclic) bond motifs is 1. The number of hydrogen-bond donors (Lipinski definition) is 3. The van der Waals surface area contributed by atoms with Crippen molar-refractivity contribution in [1.29, 1.82) is 0 Å². The van der Waals surface area contributed by atoms with Crippen molar-refractivity contribution in [3.8, 4) is 0 Å². The molecule has 2 aliphatic rings. The normalized spacial score (nSPS) is 26.9. The maximum absolute atomic E-state index is 12.7. The third kappa shape index (κ3) is 3.38. The number of carbonyl (C=O) groups excluding carboxylic acids is 2. The SMILES string of the molecule is CCCN1CC(C(=O)NCc2ccccc2)C2CNNC2C1=O. The topological polar surface area (TPSA) is 73.5 Å². The van der Waals surface area contributed by atoms with Gasteiger partial charge in [0.05, 0.1) is 5.92 Å². The van der Waals surface area contributed by atoms with Crippen LogP contribution in [0.1, 0.15) is 18.9 Å². The lowest BCUT2D eigenvalue weighted by atomic mass is 9.82. The average molecular weight is 316 g/mol. The zero-order chi connectivity index (χ0) is 16.2. The van der Waals surface area contributed by atoms with Crippen LogP contribution in [0.15, 0.2) is 30.3 Å². The molecule has 2 heterocycles. The van der Waals surface area contributed by atoms with Gasteiger partial charge in [-0.1, -0.05) is 37.3 Å². The monoisotopic (exact) mass is 316 g/mol. The molecule has 3 unspecified atom stereocenters. The molecule has 1 aromatic carbocycles. The molecule has 3 atom stereocenters. The zero-order valence-electron chi connectivity index (χ0n) is 13.4. The number of carbonyl (C=O) groups is 2. The molecule has 0 aromatic heterocycles. The molecule has 124 valence electrons. The summed E-state index contributed by atoms with van der Waals surface area (Å²) in [6, 6.07) is 9.59. The molecular weight excluding hydrogens is 292 g/mol. The molecule has 2 amide bonds. The Kier molecular flexibility index (Phi) is 4.93. The third-order valence-electron chi connectivity index (χ3n) is 4.67. The van der Waals surface area contributed by atoms with Crippen molar-refractivity contribution in [2.24, 2.45) is 11.8 Å². The summed E-state index contributed by atoms with van der Waals surface area (Å²) in [5.74, 6) is -0.0150. The molecule has 6 nitrogen and oxygen atoms in total. The smallest absolute Gasteiger partial charge is 0.241 e. The van der Waals surface area contributed by atoms with E-state index >= 15 is 0 Å². The molecule has 2 saturated heterocycles. The number of hydrogen-bond acceptors (Lipinski definition) is 4. The Balaban J connectivity index is 1.67. The van der Waals surface area contributed by atoms with Crippen molar-refractivity contribution in [2.45, 2.75) is 25.9 Å². The summed E-state index contributed by atoms with van der Waals surface area (Å²) in [5.41, 5.74) is 7.15. The van der Waals surface area contributed by atoms with Crippen LogP contribution in [0.25, 0.3) is 0 Å². The van der Waals surface area contributed by atoms with E-state index in [1.807, 2.05) is 42.2 Å². The number of amides is 2. The largest absolute Gasteiger partial charge is 0.352 e. The van der Waals surface area contributed by atoms with Crippen LogP contribution in [0.5, 0.6) is 0 Å². The van der Waals surface area contributed by atoms with Crippen molar-refractivity contribution >= 4 is 11.8 Å². The Morgan fingerprint density at radius 3 is 2.87 bits per heavy atom. The molecule has 2 fully saturated rings. The minimum Gasteiger partial charge on any atom is -0.352 e. The van der Waals surface area contributed by atoms with E-state index in [1.54, 1.807) is 0 Å². The van der Waals surface area contributed by atoms with Gasteiger partial charge in [-0.15, -0.1) is 0 Å². The van der Waals surface area contributed by atoms with Crippen LogP contribution in [0, 0.1) is 11.8 Å². The minimum atomic E-state index is -0.289. The van der Waals surface area contributed by atoms with E-state index in [9.17, 15) is 9.59 Å². The number of nitrogens with one attached hydrogen (secondary N) is 3. The van der Waals surface area contributed by atoms with Gasteiger partial charge < -0.3 is 10.2 Å². The number of rotatable bonds is 5. The van der Waals surface area contributed by atoms with Crippen LogP contribution < -0.4 is 16.2 Å². The maximum atomic E-state index is 12.7. The van der Waals surface area contributed by atoms with Crippen LogP contribution in [-0.4, -0.2) is 42.4 Å². The quantitative estimate of drug-likeness (QED) is 0.729. The summed E-state index contributed by atoms with van der Waals surface area (Å²) >= 11 is 0. The van der Waals surface area contributed by atoms with Crippen molar-refractivity contribution in [3.05, 3.63) is 35.9 Å². The number of piperidine rings is 1. The molecule has 2 aliphatic heterocycles. The maximum Gasteiger partial charge on any atom is 0.241 e. The highest BCUT2D eigenvalue weighted by Gasteiger charge is 2.47. The fourth-order valence-electron chi connectivity index (χ4n) is 3.46. The summed E-state index contributed by atoms with van der Waals surface area (Å²) in [5, 5.41) is 3.03. The van der Waals surface area contributed by atoms with E-state index in [-0.39, 0.29) is 29.7 Å². The molecule has 3 rings (SSSR count). The van der Waals surface area contributed by atoms with E-state index in [2.05, 4.69) is 16.2 Å². The van der Waals surface area contributed by atoms with Gasteiger partial charge in [0.2, 0.25) is 11.8 Å². The van der Waals surface area contributed by atoms with E-state index in [0.29, 0.717) is 26.2 Å². The van der Waals surface area contributed by atoms with E-state index < -0.39 is 0 Å². The van der Waals surface area contributed by atoms with Gasteiger partial charge in [-0.05, 0) is 12.0 Å². The van der Waals surface area contributed by atoms with Crippen molar-refractivity contribution in [3.63, 3.8) is 0 Å². The molecule has 0 radical (unpaired) electrons. The van der Waals surface area contributed by atoms with E-state index in [4.69, 9.17) is 0 Å². The summed E-state index contributed by atoms with van der Waals surface area (Å²) in [6.45, 7) is 4.43. The highest BCUT2D eigenvalue weighted by atomic mass is 16.2. The highest BCUT2D eigenvalue weighted by Crippen LogP contribution is 2.27. The van der Waals surface area contributed by atoms with Crippen LogP contribution in [0.3, 0.4) is 0 Å². The van der Waals surface area contributed by atoms with Crippen molar-refractivity contribution in [2.75, 3.05) is 19.6 Å².